The van der Waals surface area contributed by atoms with Gasteiger partial charge in [0.25, 0.3) is 5.69 Å². The van der Waals surface area contributed by atoms with Crippen LogP contribution in [0.15, 0.2) is 18.2 Å². The van der Waals surface area contributed by atoms with Gasteiger partial charge in [0, 0.05) is 23.8 Å². The lowest BCUT2D eigenvalue weighted by Gasteiger charge is -2.27. The summed E-state index contributed by atoms with van der Waals surface area (Å²) >= 11 is 0. The van der Waals surface area contributed by atoms with Gasteiger partial charge in [-0.2, -0.15) is 0 Å². The van der Waals surface area contributed by atoms with Crippen molar-refractivity contribution in [3.63, 3.8) is 0 Å². The maximum Gasteiger partial charge on any atom is 0.292 e. The van der Waals surface area contributed by atoms with Gasteiger partial charge in [-0.3, -0.25) is 10.1 Å². The summed E-state index contributed by atoms with van der Waals surface area (Å²) in [6, 6.07) is 5.44. The van der Waals surface area contributed by atoms with E-state index in [1.54, 1.807) is 12.1 Å². The van der Waals surface area contributed by atoms with Crippen LogP contribution >= 0.6 is 0 Å². The molecule has 6 heteroatoms. The maximum absolute atomic E-state index is 10.7. The van der Waals surface area contributed by atoms with Crippen LogP contribution in [0.3, 0.4) is 0 Å². The first kappa shape index (κ1) is 12.6. The van der Waals surface area contributed by atoms with Crippen molar-refractivity contribution in [2.45, 2.75) is 37.8 Å². The summed E-state index contributed by atoms with van der Waals surface area (Å²) in [7, 11) is 0. The predicted molar refractivity (Wildman–Crippen MR) is 71.4 cm³/mol. The third-order valence-electron chi connectivity index (χ3n) is 3.37. The summed E-state index contributed by atoms with van der Waals surface area (Å²) in [4.78, 5) is 10.2. The van der Waals surface area contributed by atoms with Crippen molar-refractivity contribution < 1.29 is 4.92 Å². The average Bonchev–Trinajstić information content (AvgIpc) is 2.32. The van der Waals surface area contributed by atoms with Gasteiger partial charge in [0.1, 0.15) is 5.69 Å². The minimum absolute atomic E-state index is 0.0498. The van der Waals surface area contributed by atoms with E-state index < -0.39 is 4.92 Å². The molecule has 1 saturated carbocycles. The maximum atomic E-state index is 10.7. The predicted octanol–water partition coefficient (Wildman–Crippen LogP) is 1.86. The minimum Gasteiger partial charge on any atom is -0.393 e. The molecule has 5 N–H and O–H groups in total. The number of nitrogens with one attached hydrogen (secondary N) is 1. The van der Waals surface area contributed by atoms with E-state index in [2.05, 4.69) is 5.32 Å². The van der Waals surface area contributed by atoms with Gasteiger partial charge in [0.2, 0.25) is 0 Å². The van der Waals surface area contributed by atoms with Crippen molar-refractivity contribution in [3.8, 4) is 0 Å². The largest absolute Gasteiger partial charge is 0.393 e. The molecule has 0 spiro atoms. The molecule has 1 aliphatic carbocycles. The van der Waals surface area contributed by atoms with Gasteiger partial charge < -0.3 is 16.8 Å². The van der Waals surface area contributed by atoms with Crippen LogP contribution in [0.1, 0.15) is 25.7 Å². The third kappa shape index (κ3) is 2.89. The molecular formula is C12H18N4O2. The van der Waals surface area contributed by atoms with Gasteiger partial charge >= 0.3 is 0 Å². The van der Waals surface area contributed by atoms with Gasteiger partial charge in [-0.25, -0.2) is 0 Å². The molecule has 0 heterocycles. The Balaban J connectivity index is 2.02. The smallest absolute Gasteiger partial charge is 0.292 e. The fourth-order valence-electron chi connectivity index (χ4n) is 2.31. The lowest BCUT2D eigenvalue weighted by Crippen LogP contribution is -2.32. The zero-order chi connectivity index (χ0) is 13.1. The van der Waals surface area contributed by atoms with Gasteiger partial charge in [-0.05, 0) is 37.8 Å². The highest BCUT2D eigenvalue weighted by Gasteiger charge is 2.19. The molecule has 1 fully saturated rings. The standard InChI is InChI=1S/C12H18N4O2/c13-8-1-3-9(4-2-8)15-10-5-6-12(16(17)18)11(14)7-10/h5-9,15H,1-4,13-14H2. The zero-order valence-corrected chi connectivity index (χ0v) is 10.1. The monoisotopic (exact) mass is 250 g/mol. The Morgan fingerprint density at radius 2 is 1.94 bits per heavy atom. The van der Waals surface area contributed by atoms with Gasteiger partial charge in [0.15, 0.2) is 0 Å². The molecule has 0 saturated heterocycles. The van der Waals surface area contributed by atoms with Crippen LogP contribution in [0.25, 0.3) is 0 Å². The lowest BCUT2D eigenvalue weighted by molar-refractivity contribution is -0.383. The normalized spacial score (nSPS) is 23.6. The first-order valence-electron chi connectivity index (χ1n) is 6.12. The average molecular weight is 250 g/mol. The third-order valence-corrected chi connectivity index (χ3v) is 3.37. The quantitative estimate of drug-likeness (QED) is 0.431. The number of hydrogen-bond donors (Lipinski definition) is 3. The number of nitro benzene ring substituents is 1. The SMILES string of the molecule is Nc1cc(NC2CCC(N)CC2)ccc1[N+](=O)[O-]. The fourth-order valence-corrected chi connectivity index (χ4v) is 2.31. The van der Waals surface area contributed by atoms with Crippen molar-refractivity contribution in [2.24, 2.45) is 5.73 Å². The molecule has 1 aromatic carbocycles. The molecule has 0 atom stereocenters. The number of nitrogens with two attached hydrogens (primary N) is 2. The number of nitrogen functional groups attached to an aromatic ring is 1. The van der Waals surface area contributed by atoms with E-state index in [1.165, 1.54) is 6.07 Å². The molecule has 0 unspecified atom stereocenters. The summed E-state index contributed by atoms with van der Waals surface area (Å²) in [5.74, 6) is 0. The Labute approximate surface area is 105 Å². The van der Waals surface area contributed by atoms with Crippen LogP contribution in [-0.4, -0.2) is 17.0 Å². The number of rotatable bonds is 3. The van der Waals surface area contributed by atoms with E-state index in [1.807, 2.05) is 0 Å². The van der Waals surface area contributed by atoms with Crippen molar-refractivity contribution in [2.75, 3.05) is 11.1 Å². The zero-order valence-electron chi connectivity index (χ0n) is 10.1. The Bertz CT molecular complexity index is 442. The molecule has 6 nitrogen and oxygen atoms in total. The van der Waals surface area contributed by atoms with Crippen LogP contribution < -0.4 is 16.8 Å². The Hall–Kier alpha value is -1.82. The second-order valence-electron chi connectivity index (χ2n) is 4.79. The van der Waals surface area contributed by atoms with Gasteiger partial charge in [-0.15, -0.1) is 0 Å². The lowest BCUT2D eigenvalue weighted by atomic mass is 9.91. The topological polar surface area (TPSA) is 107 Å². The fraction of sp³-hybridized carbons (Fsp3) is 0.500. The van der Waals surface area contributed by atoms with Gasteiger partial charge in [0.05, 0.1) is 4.92 Å². The molecular weight excluding hydrogens is 232 g/mol. The van der Waals surface area contributed by atoms with Crippen molar-refractivity contribution in [1.82, 2.24) is 0 Å². The van der Waals surface area contributed by atoms with E-state index in [9.17, 15) is 10.1 Å². The van der Waals surface area contributed by atoms with Crippen LogP contribution in [0.5, 0.6) is 0 Å². The van der Waals surface area contributed by atoms with Crippen LogP contribution in [0, 0.1) is 10.1 Å². The van der Waals surface area contributed by atoms with Crippen molar-refractivity contribution in [3.05, 3.63) is 28.3 Å². The van der Waals surface area contributed by atoms with Crippen LogP contribution in [0.4, 0.5) is 17.1 Å². The Morgan fingerprint density at radius 3 is 2.50 bits per heavy atom. The Kier molecular flexibility index (Phi) is 3.66. The van der Waals surface area contributed by atoms with Crippen molar-refractivity contribution in [1.29, 1.82) is 0 Å². The molecule has 1 aromatic rings. The number of anilines is 2. The molecule has 0 radical (unpaired) electrons. The minimum atomic E-state index is -0.473. The second kappa shape index (κ2) is 5.22. The number of nitro groups is 1. The molecule has 18 heavy (non-hydrogen) atoms. The van der Waals surface area contributed by atoms with Crippen LogP contribution in [0.2, 0.25) is 0 Å². The van der Waals surface area contributed by atoms with Crippen molar-refractivity contribution >= 4 is 17.1 Å². The summed E-state index contributed by atoms with van der Waals surface area (Å²) in [6.45, 7) is 0. The Morgan fingerprint density at radius 1 is 1.28 bits per heavy atom. The van der Waals surface area contributed by atoms with Crippen LogP contribution in [-0.2, 0) is 0 Å². The molecule has 1 aliphatic rings. The van der Waals surface area contributed by atoms with E-state index in [0.29, 0.717) is 12.1 Å². The van der Waals surface area contributed by atoms with E-state index in [0.717, 1.165) is 31.4 Å². The summed E-state index contributed by atoms with van der Waals surface area (Å²) in [5, 5.41) is 14.0. The molecule has 0 amide bonds. The molecule has 0 aromatic heterocycles. The molecule has 0 aliphatic heterocycles. The van der Waals surface area contributed by atoms with E-state index >= 15 is 0 Å². The first-order chi connectivity index (χ1) is 8.56. The summed E-state index contributed by atoms with van der Waals surface area (Å²) in [6.07, 6.45) is 4.08. The summed E-state index contributed by atoms with van der Waals surface area (Å²) < 4.78 is 0. The summed E-state index contributed by atoms with van der Waals surface area (Å²) in [5.41, 5.74) is 12.5. The molecule has 98 valence electrons. The highest BCUT2D eigenvalue weighted by atomic mass is 16.6. The number of nitrogens with zero attached hydrogens (tertiary/aromatic N) is 1. The highest BCUT2D eigenvalue weighted by Crippen LogP contribution is 2.27. The number of benzene rings is 1. The molecule has 2 rings (SSSR count). The van der Waals surface area contributed by atoms with Gasteiger partial charge in [-0.1, -0.05) is 0 Å². The number of hydrogen-bond acceptors (Lipinski definition) is 5. The highest BCUT2D eigenvalue weighted by molar-refractivity contribution is 5.66. The van der Waals surface area contributed by atoms with E-state index in [4.69, 9.17) is 11.5 Å². The first-order valence-corrected chi connectivity index (χ1v) is 6.12. The molecule has 0 bridgehead atoms. The second-order valence-corrected chi connectivity index (χ2v) is 4.79. The van der Waals surface area contributed by atoms with E-state index in [-0.39, 0.29) is 11.4 Å².